The van der Waals surface area contributed by atoms with Crippen LogP contribution in [0.25, 0.3) is 5.57 Å². The summed E-state index contributed by atoms with van der Waals surface area (Å²) in [6.45, 7) is 2.58. The van der Waals surface area contributed by atoms with Gasteiger partial charge in [-0.2, -0.15) is 4.98 Å². The van der Waals surface area contributed by atoms with Crippen LogP contribution in [0.2, 0.25) is 0 Å². The van der Waals surface area contributed by atoms with Crippen LogP contribution < -0.4 is 5.73 Å². The van der Waals surface area contributed by atoms with Crippen LogP contribution in [0.1, 0.15) is 37.5 Å². The van der Waals surface area contributed by atoms with Gasteiger partial charge < -0.3 is 15.0 Å². The van der Waals surface area contributed by atoms with Gasteiger partial charge in [-0.05, 0) is 19.8 Å². The van der Waals surface area contributed by atoms with E-state index in [0.717, 1.165) is 25.0 Å². The van der Waals surface area contributed by atoms with Crippen LogP contribution in [0.5, 0.6) is 0 Å². The van der Waals surface area contributed by atoms with Crippen LogP contribution in [-0.4, -0.2) is 16.7 Å². The summed E-state index contributed by atoms with van der Waals surface area (Å²) < 4.78 is 10.3. The average molecular weight is 232 g/mol. The van der Waals surface area contributed by atoms with E-state index in [0.29, 0.717) is 11.7 Å². The van der Waals surface area contributed by atoms with Crippen LogP contribution in [0.3, 0.4) is 0 Å². The van der Waals surface area contributed by atoms with Gasteiger partial charge in [0.1, 0.15) is 0 Å². The van der Waals surface area contributed by atoms with E-state index in [2.05, 4.69) is 10.1 Å². The van der Waals surface area contributed by atoms with Crippen LogP contribution in [0, 0.1) is 0 Å². The maximum absolute atomic E-state index is 5.62. The minimum Gasteiger partial charge on any atom is -0.501 e. The second-order valence-electron chi connectivity index (χ2n) is 3.36. The lowest BCUT2D eigenvalue weighted by atomic mass is 10.1. The van der Waals surface area contributed by atoms with Crippen LogP contribution >= 0.6 is 12.4 Å². The molecule has 84 valence electrons. The van der Waals surface area contributed by atoms with Crippen LogP contribution in [-0.2, 0) is 4.74 Å². The Kier molecular flexibility index (Phi) is 4.11. The summed E-state index contributed by atoms with van der Waals surface area (Å²) in [5.41, 5.74) is 6.58. The number of nitrogens with zero attached hydrogens (tertiary/aromatic N) is 2. The number of nitrogens with two attached hydrogens (primary N) is 1. The third-order valence-electron chi connectivity index (χ3n) is 2.06. The van der Waals surface area contributed by atoms with E-state index in [1.807, 2.05) is 6.92 Å². The monoisotopic (exact) mass is 231 g/mol. The first-order chi connectivity index (χ1) is 6.77. The van der Waals surface area contributed by atoms with E-state index in [1.165, 1.54) is 0 Å². The van der Waals surface area contributed by atoms with Crippen molar-refractivity contribution in [2.24, 2.45) is 5.73 Å². The van der Waals surface area contributed by atoms with Gasteiger partial charge in [-0.3, -0.25) is 0 Å². The largest absolute Gasteiger partial charge is 0.501 e. The highest BCUT2D eigenvalue weighted by Crippen LogP contribution is 2.22. The Labute approximate surface area is 94.1 Å². The molecule has 1 aliphatic heterocycles. The fourth-order valence-corrected chi connectivity index (χ4v) is 1.27. The van der Waals surface area contributed by atoms with Gasteiger partial charge in [-0.15, -0.1) is 12.4 Å². The maximum atomic E-state index is 5.62. The Hall–Kier alpha value is -1.07. The summed E-state index contributed by atoms with van der Waals surface area (Å²) in [5.74, 6) is 1.06. The van der Waals surface area contributed by atoms with E-state index < -0.39 is 0 Å². The highest BCUT2D eigenvalue weighted by Gasteiger charge is 2.15. The molecule has 2 heterocycles. The summed E-state index contributed by atoms with van der Waals surface area (Å²) >= 11 is 0. The summed E-state index contributed by atoms with van der Waals surface area (Å²) in [5, 5.41) is 3.78. The van der Waals surface area contributed by atoms with Crippen molar-refractivity contribution in [1.82, 2.24) is 10.1 Å². The smallest absolute Gasteiger partial charge is 0.256 e. The van der Waals surface area contributed by atoms with Gasteiger partial charge in [-0.1, -0.05) is 5.16 Å². The van der Waals surface area contributed by atoms with Crippen molar-refractivity contribution >= 4 is 18.0 Å². The van der Waals surface area contributed by atoms with Crippen molar-refractivity contribution in [3.63, 3.8) is 0 Å². The van der Waals surface area contributed by atoms with Gasteiger partial charge >= 0.3 is 0 Å². The molecule has 0 saturated carbocycles. The molecule has 1 aromatic heterocycles. The fourth-order valence-electron chi connectivity index (χ4n) is 1.27. The van der Waals surface area contributed by atoms with E-state index in [4.69, 9.17) is 15.0 Å². The Morgan fingerprint density at radius 3 is 2.87 bits per heavy atom. The number of hydrogen-bond acceptors (Lipinski definition) is 5. The Balaban J connectivity index is 0.00000112. The number of ether oxygens (including phenoxy) is 1. The zero-order valence-corrected chi connectivity index (χ0v) is 9.29. The molecule has 5 nitrogen and oxygen atoms in total. The zero-order valence-electron chi connectivity index (χ0n) is 8.47. The molecule has 0 amide bonds. The average Bonchev–Trinajstić information content (AvgIpc) is 2.68. The predicted molar refractivity (Wildman–Crippen MR) is 57.3 cm³/mol. The van der Waals surface area contributed by atoms with E-state index >= 15 is 0 Å². The number of allylic oxidation sites excluding steroid dienone is 1. The molecule has 2 N–H and O–H groups in total. The zero-order chi connectivity index (χ0) is 9.97. The van der Waals surface area contributed by atoms with Gasteiger partial charge in [0.2, 0.25) is 0 Å². The lowest BCUT2D eigenvalue weighted by molar-refractivity contribution is 0.233. The fraction of sp³-hybridized carbons (Fsp3) is 0.556. The molecule has 1 aliphatic rings. The molecule has 15 heavy (non-hydrogen) atoms. The molecule has 6 heteroatoms. The lowest BCUT2D eigenvalue weighted by Crippen LogP contribution is -2.07. The Bertz CT molecular complexity index is 349. The molecule has 2 rings (SSSR count). The Morgan fingerprint density at radius 2 is 2.33 bits per heavy atom. The van der Waals surface area contributed by atoms with E-state index in [-0.39, 0.29) is 18.4 Å². The summed E-state index contributed by atoms with van der Waals surface area (Å²) in [7, 11) is 0. The minimum absolute atomic E-state index is 0. The lowest BCUT2D eigenvalue weighted by Gasteiger charge is -2.09. The van der Waals surface area contributed by atoms with Gasteiger partial charge in [0.25, 0.3) is 5.89 Å². The Morgan fingerprint density at radius 1 is 1.53 bits per heavy atom. The third-order valence-corrected chi connectivity index (χ3v) is 2.06. The standard InChI is InChI=1S/C9H13N3O2.ClH/c1-6(10)8-11-9(14-12-8)7-3-2-4-13-5-7;/h5-6H,2-4,10H2,1H3;1H. The molecule has 1 aromatic rings. The molecule has 0 saturated heterocycles. The van der Waals surface area contributed by atoms with Gasteiger partial charge in [0.05, 0.1) is 24.5 Å². The molecule has 1 unspecified atom stereocenters. The van der Waals surface area contributed by atoms with Gasteiger partial charge in [0, 0.05) is 0 Å². The summed E-state index contributed by atoms with van der Waals surface area (Å²) in [4.78, 5) is 4.18. The van der Waals surface area contributed by atoms with Crippen molar-refractivity contribution < 1.29 is 9.26 Å². The SMILES string of the molecule is CC(N)c1noc(C2=COCCC2)n1.Cl. The van der Waals surface area contributed by atoms with Crippen molar-refractivity contribution in [2.45, 2.75) is 25.8 Å². The predicted octanol–water partition coefficient (Wildman–Crippen LogP) is 1.66. The van der Waals surface area contributed by atoms with Crippen molar-refractivity contribution in [2.75, 3.05) is 6.61 Å². The molecule has 0 bridgehead atoms. The van der Waals surface area contributed by atoms with Gasteiger partial charge in [-0.25, -0.2) is 0 Å². The highest BCUT2D eigenvalue weighted by atomic mass is 35.5. The maximum Gasteiger partial charge on any atom is 0.256 e. The number of hydrogen-bond donors (Lipinski definition) is 1. The van der Waals surface area contributed by atoms with E-state index in [1.54, 1.807) is 6.26 Å². The molecule has 0 aliphatic carbocycles. The topological polar surface area (TPSA) is 74.2 Å². The first-order valence-corrected chi connectivity index (χ1v) is 4.67. The first-order valence-electron chi connectivity index (χ1n) is 4.67. The second kappa shape index (κ2) is 5.14. The quantitative estimate of drug-likeness (QED) is 0.838. The molecule has 0 fully saturated rings. The molecule has 0 spiro atoms. The minimum atomic E-state index is -0.197. The highest BCUT2D eigenvalue weighted by molar-refractivity contribution is 5.85. The first kappa shape index (κ1) is 12.0. The second-order valence-corrected chi connectivity index (χ2v) is 3.36. The number of halogens is 1. The summed E-state index contributed by atoms with van der Waals surface area (Å²) in [6.07, 6.45) is 3.59. The van der Waals surface area contributed by atoms with Crippen LogP contribution in [0.15, 0.2) is 10.8 Å². The molecule has 1 atom stereocenters. The van der Waals surface area contributed by atoms with E-state index in [9.17, 15) is 0 Å². The van der Waals surface area contributed by atoms with Crippen molar-refractivity contribution in [3.05, 3.63) is 18.0 Å². The van der Waals surface area contributed by atoms with Crippen molar-refractivity contribution in [3.8, 4) is 0 Å². The van der Waals surface area contributed by atoms with Crippen LogP contribution in [0.4, 0.5) is 0 Å². The molecular formula is C9H14ClN3O2. The normalized spacial score (nSPS) is 17.3. The molecule has 0 radical (unpaired) electrons. The summed E-state index contributed by atoms with van der Waals surface area (Å²) in [6, 6.07) is -0.197. The third kappa shape index (κ3) is 2.70. The van der Waals surface area contributed by atoms with Crippen molar-refractivity contribution in [1.29, 1.82) is 0 Å². The van der Waals surface area contributed by atoms with Gasteiger partial charge in [0.15, 0.2) is 5.82 Å². The number of aromatic nitrogens is 2. The molecule has 0 aromatic carbocycles. The molecular weight excluding hydrogens is 218 g/mol. The number of rotatable bonds is 2.